The molecule has 0 aliphatic carbocycles. The molecule has 1 fully saturated rings. The number of esters is 1. The highest BCUT2D eigenvalue weighted by Gasteiger charge is 2.47. The van der Waals surface area contributed by atoms with Gasteiger partial charge in [0.15, 0.2) is 0 Å². The minimum absolute atomic E-state index is 0.0230. The summed E-state index contributed by atoms with van der Waals surface area (Å²) in [7, 11) is 1.31. The van der Waals surface area contributed by atoms with Crippen LogP contribution in [0.1, 0.15) is 36.6 Å². The molecular weight excluding hydrogens is 486 g/mol. The van der Waals surface area contributed by atoms with Crippen molar-refractivity contribution in [3.05, 3.63) is 95.1 Å². The van der Waals surface area contributed by atoms with Crippen LogP contribution in [0.3, 0.4) is 0 Å². The Morgan fingerprint density at radius 3 is 2.16 bits per heavy atom. The quantitative estimate of drug-likeness (QED) is 0.192. The molecule has 38 heavy (non-hydrogen) atoms. The minimum atomic E-state index is -0.945. The zero-order valence-electron chi connectivity index (χ0n) is 21.4. The topological polar surface area (TPSA) is 113 Å². The number of amides is 1. The number of aliphatic hydroxyl groups excluding tert-OH is 1. The Kier molecular flexibility index (Phi) is 7.81. The molecule has 0 spiro atoms. The molecule has 3 aromatic rings. The maximum Gasteiger partial charge on any atom is 0.309 e. The number of rotatable bonds is 8. The Labute approximate surface area is 220 Å². The maximum absolute atomic E-state index is 13.3. The second-order valence-electron chi connectivity index (χ2n) is 9.41. The van der Waals surface area contributed by atoms with Gasteiger partial charge in [0.2, 0.25) is 0 Å². The lowest BCUT2D eigenvalue weighted by Crippen LogP contribution is -2.29. The molecule has 2 N–H and O–H groups in total. The summed E-state index contributed by atoms with van der Waals surface area (Å²) in [6.45, 7) is 4.61. The van der Waals surface area contributed by atoms with Crippen LogP contribution in [0.5, 0.6) is 11.5 Å². The van der Waals surface area contributed by atoms with Gasteiger partial charge >= 0.3 is 5.97 Å². The van der Waals surface area contributed by atoms with Crippen molar-refractivity contribution in [2.24, 2.45) is 5.92 Å². The number of Topliss-reactive ketones (excluding diaryl/α,β-unsaturated/α-hetero) is 1. The average Bonchev–Trinajstić information content (AvgIpc) is 3.18. The number of nitrogens with zero attached hydrogens (tertiary/aromatic N) is 1. The van der Waals surface area contributed by atoms with Crippen molar-refractivity contribution in [1.82, 2.24) is 0 Å². The summed E-state index contributed by atoms with van der Waals surface area (Å²) in [6, 6.07) is 18.4. The summed E-state index contributed by atoms with van der Waals surface area (Å²) < 4.78 is 10.4. The summed E-state index contributed by atoms with van der Waals surface area (Å²) in [5.41, 5.74) is 1.90. The number of benzene rings is 3. The molecule has 0 saturated carbocycles. The lowest BCUT2D eigenvalue weighted by Gasteiger charge is -2.25. The molecule has 1 saturated heterocycles. The molecule has 1 heterocycles. The third-order valence-corrected chi connectivity index (χ3v) is 6.15. The first-order valence-electron chi connectivity index (χ1n) is 12.2. The number of carbonyl (C=O) groups excluding carboxylic acids is 3. The maximum atomic E-state index is 13.3. The van der Waals surface area contributed by atoms with Crippen LogP contribution in [0, 0.1) is 5.92 Å². The largest absolute Gasteiger partial charge is 0.508 e. The van der Waals surface area contributed by atoms with Crippen molar-refractivity contribution in [3.8, 4) is 11.5 Å². The van der Waals surface area contributed by atoms with Crippen LogP contribution in [0.15, 0.2) is 78.4 Å². The van der Waals surface area contributed by atoms with Crippen molar-refractivity contribution in [3.63, 3.8) is 0 Å². The first-order valence-corrected chi connectivity index (χ1v) is 12.2. The lowest BCUT2D eigenvalue weighted by atomic mass is 9.95. The molecule has 0 radical (unpaired) electrons. The van der Waals surface area contributed by atoms with E-state index in [1.54, 1.807) is 60.7 Å². The van der Waals surface area contributed by atoms with Gasteiger partial charge in [-0.15, -0.1) is 0 Å². The molecule has 1 aliphatic heterocycles. The van der Waals surface area contributed by atoms with Crippen molar-refractivity contribution in [2.75, 3.05) is 18.6 Å². The van der Waals surface area contributed by atoms with Crippen molar-refractivity contribution < 1.29 is 34.1 Å². The van der Waals surface area contributed by atoms with Gasteiger partial charge in [-0.1, -0.05) is 38.1 Å². The second kappa shape index (κ2) is 11.2. The molecule has 196 valence electrons. The highest BCUT2D eigenvalue weighted by molar-refractivity contribution is 6.51. The molecule has 8 nitrogen and oxygen atoms in total. The van der Waals surface area contributed by atoms with Crippen LogP contribution in [-0.2, 0) is 25.5 Å². The third-order valence-electron chi connectivity index (χ3n) is 6.15. The average molecular weight is 516 g/mol. The molecule has 0 bridgehead atoms. The SMILES string of the molecule is COC(=O)Cc1ccc(N2C(=O)C(=O)/C(=C(/O)c3ccc(OCC(C)C)cc3)C2c2ccc(O)cc2)cc1. The lowest BCUT2D eigenvalue weighted by molar-refractivity contribution is -0.139. The smallest absolute Gasteiger partial charge is 0.309 e. The van der Waals surface area contributed by atoms with E-state index in [1.807, 2.05) is 13.8 Å². The molecule has 4 rings (SSSR count). The first kappa shape index (κ1) is 26.5. The normalized spacial score (nSPS) is 16.6. The van der Waals surface area contributed by atoms with E-state index in [2.05, 4.69) is 0 Å². The molecule has 8 heteroatoms. The third kappa shape index (κ3) is 5.54. The molecule has 1 amide bonds. The zero-order valence-corrected chi connectivity index (χ0v) is 21.4. The van der Waals surface area contributed by atoms with E-state index in [9.17, 15) is 24.6 Å². The predicted molar refractivity (Wildman–Crippen MR) is 142 cm³/mol. The van der Waals surface area contributed by atoms with Crippen LogP contribution in [-0.4, -0.2) is 41.6 Å². The summed E-state index contributed by atoms with van der Waals surface area (Å²) >= 11 is 0. The van der Waals surface area contributed by atoms with Crippen LogP contribution < -0.4 is 9.64 Å². The number of ether oxygens (including phenoxy) is 2. The molecule has 0 aromatic heterocycles. The van der Waals surface area contributed by atoms with Crippen molar-refractivity contribution in [2.45, 2.75) is 26.3 Å². The number of aromatic hydroxyl groups is 1. The number of hydrogen-bond donors (Lipinski definition) is 2. The van der Waals surface area contributed by atoms with E-state index in [-0.39, 0.29) is 23.5 Å². The molecule has 1 atom stereocenters. The number of ketones is 1. The number of phenolic OH excluding ortho intramolecular Hbond substituents is 1. The van der Waals surface area contributed by atoms with E-state index in [0.29, 0.717) is 40.7 Å². The molecule has 1 unspecified atom stereocenters. The highest BCUT2D eigenvalue weighted by Crippen LogP contribution is 2.42. The van der Waals surface area contributed by atoms with E-state index < -0.39 is 23.7 Å². The fourth-order valence-electron chi connectivity index (χ4n) is 4.21. The van der Waals surface area contributed by atoms with Crippen molar-refractivity contribution >= 4 is 29.1 Å². The van der Waals surface area contributed by atoms with Gasteiger partial charge in [-0.2, -0.15) is 0 Å². The van der Waals surface area contributed by atoms with Gasteiger partial charge in [-0.05, 0) is 65.6 Å². The van der Waals surface area contributed by atoms with Crippen LogP contribution in [0.25, 0.3) is 5.76 Å². The molecule has 1 aliphatic rings. The predicted octanol–water partition coefficient (Wildman–Crippen LogP) is 4.77. The number of aliphatic hydroxyl groups is 1. The second-order valence-corrected chi connectivity index (χ2v) is 9.41. The van der Waals surface area contributed by atoms with Gasteiger partial charge < -0.3 is 19.7 Å². The first-order chi connectivity index (χ1) is 18.2. The highest BCUT2D eigenvalue weighted by atomic mass is 16.5. The Bertz CT molecular complexity index is 1360. The fraction of sp³-hybridized carbons (Fsp3) is 0.233. The van der Waals surface area contributed by atoms with E-state index in [1.165, 1.54) is 24.1 Å². The van der Waals surface area contributed by atoms with Crippen LogP contribution in [0.2, 0.25) is 0 Å². The summed E-state index contributed by atoms with van der Waals surface area (Å²) in [6.07, 6.45) is 0.0634. The van der Waals surface area contributed by atoms with Gasteiger partial charge in [-0.3, -0.25) is 19.3 Å². The Morgan fingerprint density at radius 2 is 1.58 bits per heavy atom. The number of phenols is 1. The van der Waals surface area contributed by atoms with E-state index in [4.69, 9.17) is 9.47 Å². The van der Waals surface area contributed by atoms with Crippen LogP contribution in [0.4, 0.5) is 5.69 Å². The van der Waals surface area contributed by atoms with Gasteiger partial charge in [0.1, 0.15) is 17.3 Å². The van der Waals surface area contributed by atoms with Crippen molar-refractivity contribution in [1.29, 1.82) is 0 Å². The van der Waals surface area contributed by atoms with E-state index >= 15 is 0 Å². The minimum Gasteiger partial charge on any atom is -0.508 e. The monoisotopic (exact) mass is 515 g/mol. The Morgan fingerprint density at radius 1 is 0.947 bits per heavy atom. The molecule has 3 aromatic carbocycles. The van der Waals surface area contributed by atoms with Gasteiger partial charge in [0.25, 0.3) is 11.7 Å². The van der Waals surface area contributed by atoms with Gasteiger partial charge in [-0.25, -0.2) is 0 Å². The Balaban J connectivity index is 1.76. The Hall–Kier alpha value is -4.59. The number of carbonyl (C=O) groups is 3. The summed E-state index contributed by atoms with van der Waals surface area (Å²) in [5.74, 6) is -1.36. The number of anilines is 1. The summed E-state index contributed by atoms with van der Waals surface area (Å²) in [4.78, 5) is 39.5. The van der Waals surface area contributed by atoms with E-state index in [0.717, 1.165) is 0 Å². The number of methoxy groups -OCH3 is 1. The van der Waals surface area contributed by atoms with Gasteiger partial charge in [0.05, 0.1) is 31.8 Å². The zero-order chi connectivity index (χ0) is 27.4. The van der Waals surface area contributed by atoms with Crippen LogP contribution >= 0.6 is 0 Å². The molecular formula is C30H29NO7. The summed E-state index contributed by atoms with van der Waals surface area (Å²) in [5, 5.41) is 21.1. The standard InChI is InChI=1S/C30H29NO7/c1-18(2)17-38-24-14-8-21(9-15-24)28(34)26-27(20-6-12-23(32)13-7-20)31(30(36)29(26)35)22-10-4-19(5-11-22)16-25(33)37-3/h4-15,18,27,32,34H,16-17H2,1-3H3/b28-26+. The number of hydrogen-bond acceptors (Lipinski definition) is 7. The van der Waals surface area contributed by atoms with Gasteiger partial charge in [0, 0.05) is 11.3 Å². The fourth-order valence-corrected chi connectivity index (χ4v) is 4.21.